The number of thiol groups is 1. The Labute approximate surface area is 249 Å². The quantitative estimate of drug-likeness (QED) is 0.125. The summed E-state index contributed by atoms with van der Waals surface area (Å²) in [5.41, 5.74) is 11.2. The number of aromatic nitrogens is 8. The van der Waals surface area contributed by atoms with Gasteiger partial charge in [-0.2, -0.15) is 18.1 Å². The molecule has 4 unspecified atom stereocenters. The molecule has 3 aliphatic heterocycles. The van der Waals surface area contributed by atoms with Gasteiger partial charge in [-0.15, -0.1) is 0 Å². The molecule has 6 N–H and O–H groups in total. The third-order valence-electron chi connectivity index (χ3n) is 7.79. The number of H-pyrrole nitrogens is 1. The second-order valence-electron chi connectivity index (χ2n) is 10.4. The molecule has 4 aromatic heterocycles. The summed E-state index contributed by atoms with van der Waals surface area (Å²) in [6.07, 6.45) is -5.46. The van der Waals surface area contributed by atoms with Gasteiger partial charge in [-0.05, 0) is 0 Å². The molecule has 8 rings (SSSR count). The van der Waals surface area contributed by atoms with E-state index in [0.717, 1.165) is 6.33 Å². The molecule has 0 spiro atoms. The van der Waals surface area contributed by atoms with Crippen LogP contribution in [0, 0.1) is 5.92 Å². The lowest BCUT2D eigenvalue weighted by Gasteiger charge is -2.29. The second-order valence-corrected chi connectivity index (χ2v) is 14.6. The number of anilines is 2. The smallest absolute Gasteiger partial charge is 0.382 e. The highest BCUT2D eigenvalue weighted by molar-refractivity contribution is 8.44. The van der Waals surface area contributed by atoms with Crippen LogP contribution in [0.1, 0.15) is 12.5 Å². The monoisotopic (exact) mass is 673 g/mol. The topological polar surface area (TPSA) is 269 Å². The van der Waals surface area contributed by atoms with E-state index in [9.17, 15) is 17.8 Å². The van der Waals surface area contributed by atoms with Gasteiger partial charge < -0.3 is 20.9 Å². The minimum atomic E-state index is -4.63. The summed E-state index contributed by atoms with van der Waals surface area (Å²) >= 11 is 4.11. The Bertz CT molecular complexity index is 2040. The zero-order valence-electron chi connectivity index (χ0n) is 21.8. The van der Waals surface area contributed by atoms with Gasteiger partial charge in [0.1, 0.15) is 30.2 Å². The molecule has 20 nitrogen and oxygen atoms in total. The van der Waals surface area contributed by atoms with E-state index >= 15 is 4.39 Å². The van der Waals surface area contributed by atoms with Crippen molar-refractivity contribution < 1.29 is 40.1 Å². The molecule has 3 saturated heterocycles. The van der Waals surface area contributed by atoms with Gasteiger partial charge >= 0.3 is 17.1 Å². The van der Waals surface area contributed by atoms with Crippen molar-refractivity contribution in [1.82, 2.24) is 43.8 Å². The van der Waals surface area contributed by atoms with Crippen LogP contribution in [0.4, 0.5) is 16.2 Å². The number of halogens is 1. The summed E-state index contributed by atoms with van der Waals surface area (Å²) < 4.78 is 89.0. The summed E-state index contributed by atoms with van der Waals surface area (Å²) in [6.45, 7) is -4.88. The molecule has 0 amide bonds. The summed E-state index contributed by atoms with van der Waals surface area (Å²) in [5, 5.41) is 0. The van der Waals surface area contributed by atoms with Crippen molar-refractivity contribution in [1.29, 1.82) is 0 Å². The highest BCUT2D eigenvalue weighted by atomic mass is 32.7. The number of nitrogens with two attached hydrogens (primary N) is 2. The van der Waals surface area contributed by atoms with E-state index in [1.165, 1.54) is 21.8 Å². The van der Waals surface area contributed by atoms with Gasteiger partial charge in [0, 0.05) is 5.92 Å². The first-order valence-corrected chi connectivity index (χ1v) is 17.0. The molecule has 1 saturated carbocycles. The van der Waals surface area contributed by atoms with E-state index in [0.29, 0.717) is 0 Å². The minimum absolute atomic E-state index is 0.0372. The number of nitrogens with zero attached hydrogens (tertiary/aromatic N) is 7. The van der Waals surface area contributed by atoms with Crippen molar-refractivity contribution >= 4 is 63.4 Å². The summed E-state index contributed by atoms with van der Waals surface area (Å²) in [4.78, 5) is 34.8. The van der Waals surface area contributed by atoms with Crippen LogP contribution < -0.4 is 21.7 Å². The van der Waals surface area contributed by atoms with Crippen LogP contribution in [-0.4, -0.2) is 90.7 Å². The molecule has 0 aromatic carbocycles. The summed E-state index contributed by atoms with van der Waals surface area (Å²) in [7, 11) is -4.63. The van der Waals surface area contributed by atoms with E-state index in [1.54, 1.807) is 0 Å². The zero-order valence-corrected chi connectivity index (χ0v) is 24.4. The zero-order chi connectivity index (χ0) is 30.7. The molecule has 44 heavy (non-hydrogen) atoms. The number of hydrogen-bond donors (Lipinski definition) is 5. The molecule has 234 valence electrons. The van der Waals surface area contributed by atoms with E-state index in [-0.39, 0.29) is 34.1 Å². The Morgan fingerprint density at radius 1 is 1.02 bits per heavy atom. The predicted octanol–water partition coefficient (Wildman–Crippen LogP) is -1.07. The molecule has 0 bridgehead atoms. The Morgan fingerprint density at radius 3 is 2.57 bits per heavy atom. The maximum Gasteiger partial charge on any atom is 0.386 e. The van der Waals surface area contributed by atoms with Crippen LogP contribution in [0.25, 0.3) is 22.3 Å². The number of ether oxygens (including phenoxy) is 2. The van der Waals surface area contributed by atoms with Gasteiger partial charge in [-0.3, -0.25) is 32.1 Å². The molecule has 1 aliphatic carbocycles. The number of hydrogen-bond acceptors (Lipinski definition) is 16. The van der Waals surface area contributed by atoms with Crippen LogP contribution in [-0.2, 0) is 37.6 Å². The number of imidazole rings is 2. The third-order valence-corrected chi connectivity index (χ3v) is 10.4. The van der Waals surface area contributed by atoms with Crippen molar-refractivity contribution in [3.05, 3.63) is 29.3 Å². The largest absolute Gasteiger partial charge is 0.386 e. The molecule has 4 aliphatic rings. The minimum Gasteiger partial charge on any atom is -0.382 e. The molecular weight excluding hydrogens is 652 g/mol. The molecule has 10 atom stereocenters. The average molecular weight is 674 g/mol. The van der Waals surface area contributed by atoms with Gasteiger partial charge in [0.15, 0.2) is 41.3 Å². The number of nitrogen functional groups attached to an aromatic ring is 2. The Hall–Kier alpha value is -3.28. The first-order valence-electron chi connectivity index (χ1n) is 12.9. The van der Waals surface area contributed by atoms with Crippen molar-refractivity contribution in [2.24, 2.45) is 5.92 Å². The van der Waals surface area contributed by atoms with E-state index in [2.05, 4.69) is 46.9 Å². The number of nitrogens with one attached hydrogen (secondary N) is 2. The Kier molecular flexibility index (Phi) is 6.16. The normalized spacial score (nSPS) is 38.2. The van der Waals surface area contributed by atoms with Gasteiger partial charge in [0.05, 0.1) is 31.4 Å². The molecule has 24 heteroatoms. The van der Waals surface area contributed by atoms with E-state index in [1.807, 2.05) is 0 Å². The van der Waals surface area contributed by atoms with E-state index < -0.39 is 84.3 Å². The molecule has 4 aromatic rings. The third kappa shape index (κ3) is 4.41. The lowest BCUT2D eigenvalue weighted by atomic mass is 10.1. The fraction of sp³-hybridized carbons (Fsp3) is 0.500. The number of aromatic amines is 1. The van der Waals surface area contributed by atoms with Crippen molar-refractivity contribution in [3.63, 3.8) is 0 Å². The van der Waals surface area contributed by atoms with Gasteiger partial charge in [0.25, 0.3) is 5.56 Å². The molecule has 4 fully saturated rings. The SMILES string of the molecule is Nc1nc2c(ncn2[C@@H]2O[C@@H]3C4OS(=O)(=O)N[C@@H]5C(COP(=O)(S)O[C@@H]2C43)O[C@@H](n2cnc3c(N)ncnc32)[C@@H]5F)c(=O)[nH]1. The van der Waals surface area contributed by atoms with Gasteiger partial charge in [-0.25, -0.2) is 28.9 Å². The first kappa shape index (κ1) is 28.2. The van der Waals surface area contributed by atoms with Crippen LogP contribution in [0.3, 0.4) is 0 Å². The molecular formula is C20H21FN11O9PS2. The standard InChI is InChI=1S/C20H21FN11O9PS2/c21-7-8-5(38-18(7)31-3-26-9-14(22)24-2-25-15(9)31)1-37-42(34,43)40-13-6-11(12(6)41-44(35,36)30-8)39-19(13)32-4-27-10-16(32)28-20(23)29-17(10)33/h2-8,11-13,18-19,30H,1H2,(H,34,43)(H2,22,24,25)(H3,23,28,29,33)/t5?,6?,7-,8-,11+,12?,13-,18-,19-,42?/m1/s1. The maximum absolute atomic E-state index is 16.0. The van der Waals surface area contributed by atoms with Gasteiger partial charge in [0.2, 0.25) is 5.95 Å². The lowest BCUT2D eigenvalue weighted by Crippen LogP contribution is -2.48. The van der Waals surface area contributed by atoms with Gasteiger partial charge in [-0.1, -0.05) is 12.2 Å². The maximum atomic E-state index is 16.0. The number of rotatable bonds is 2. The molecule has 7 heterocycles. The first-order chi connectivity index (χ1) is 20.9. The fourth-order valence-corrected chi connectivity index (χ4v) is 8.49. The van der Waals surface area contributed by atoms with Crippen LogP contribution in [0.2, 0.25) is 0 Å². The predicted molar refractivity (Wildman–Crippen MR) is 147 cm³/mol. The van der Waals surface area contributed by atoms with Crippen LogP contribution in [0.15, 0.2) is 23.8 Å². The van der Waals surface area contributed by atoms with Crippen molar-refractivity contribution in [2.45, 2.75) is 49.1 Å². The summed E-state index contributed by atoms with van der Waals surface area (Å²) in [6, 6.07) is -1.57. The molecule has 0 radical (unpaired) electrons. The Morgan fingerprint density at radius 2 is 1.77 bits per heavy atom. The number of fused-ring (bicyclic) bond motifs is 4. The summed E-state index contributed by atoms with van der Waals surface area (Å²) in [5.74, 6) is -0.934. The lowest BCUT2D eigenvalue weighted by molar-refractivity contribution is -0.0614. The van der Waals surface area contributed by atoms with Crippen LogP contribution in [0.5, 0.6) is 0 Å². The van der Waals surface area contributed by atoms with Crippen LogP contribution >= 0.6 is 19.0 Å². The van der Waals surface area contributed by atoms with E-state index in [4.69, 9.17) is 34.2 Å². The van der Waals surface area contributed by atoms with Crippen molar-refractivity contribution in [3.8, 4) is 0 Å². The number of alkyl halides is 1. The highest BCUT2D eigenvalue weighted by Gasteiger charge is 2.69. The highest BCUT2D eigenvalue weighted by Crippen LogP contribution is 2.62. The van der Waals surface area contributed by atoms with Crippen molar-refractivity contribution in [2.75, 3.05) is 18.1 Å². The average Bonchev–Trinajstić information content (AvgIpc) is 3.40. The second kappa shape index (κ2) is 9.61. The fourth-order valence-electron chi connectivity index (χ4n) is 5.82. The Balaban J connectivity index is 1.11.